The van der Waals surface area contributed by atoms with Gasteiger partial charge in [0.2, 0.25) is 5.91 Å². The predicted molar refractivity (Wildman–Crippen MR) is 151 cm³/mol. The summed E-state index contributed by atoms with van der Waals surface area (Å²) in [5.41, 5.74) is 7.15. The minimum Gasteiger partial charge on any atom is -0.496 e. The number of hydrogen-bond donors (Lipinski definition) is 2. The standard InChI is InChI=1S/C30H36F3N5O3/c1-17(21-12-22(30(31,32)33)14-23(34)13-21)35-28-25-15-24(27(40-3)16-26(25)36-18(2)37-28)19-4-6-20(7-5-19)29(39)38-8-10-41-11-9-38/h12-17,19-20H,4-11,34H2,1-3H3,(H,35,36,37)/t17-,19?,20?/m1/s1. The molecule has 2 heterocycles. The smallest absolute Gasteiger partial charge is 0.416 e. The Morgan fingerprint density at radius 1 is 1.10 bits per heavy atom. The lowest BCUT2D eigenvalue weighted by Gasteiger charge is -2.34. The van der Waals surface area contributed by atoms with Gasteiger partial charge in [-0.3, -0.25) is 4.79 Å². The lowest BCUT2D eigenvalue weighted by molar-refractivity contribution is -0.140. The molecule has 8 nitrogen and oxygen atoms in total. The molecule has 1 saturated carbocycles. The van der Waals surface area contributed by atoms with Crippen LogP contribution in [-0.2, 0) is 15.7 Å². The fraction of sp³-hybridized carbons (Fsp3) is 0.500. The molecular formula is C30H36F3N5O3. The Morgan fingerprint density at radius 2 is 1.80 bits per heavy atom. The molecule has 11 heteroatoms. The van der Waals surface area contributed by atoms with Crippen molar-refractivity contribution < 1.29 is 27.4 Å². The highest BCUT2D eigenvalue weighted by molar-refractivity contribution is 5.91. The van der Waals surface area contributed by atoms with E-state index in [1.807, 2.05) is 17.0 Å². The van der Waals surface area contributed by atoms with E-state index in [0.29, 0.717) is 49.0 Å². The van der Waals surface area contributed by atoms with Gasteiger partial charge in [-0.15, -0.1) is 0 Å². The number of carbonyl (C=O) groups excluding carboxylic acids is 1. The van der Waals surface area contributed by atoms with Gasteiger partial charge < -0.3 is 25.4 Å². The normalized spacial score (nSPS) is 20.6. The number of carbonyl (C=O) groups is 1. The number of methoxy groups -OCH3 is 1. The first kappa shape index (κ1) is 28.9. The minimum absolute atomic E-state index is 0.0137. The van der Waals surface area contributed by atoms with Crippen molar-refractivity contribution in [1.82, 2.24) is 14.9 Å². The van der Waals surface area contributed by atoms with Crippen LogP contribution in [-0.4, -0.2) is 54.2 Å². The number of amides is 1. The molecule has 5 rings (SSSR count). The number of anilines is 2. The highest BCUT2D eigenvalue weighted by atomic mass is 19.4. The van der Waals surface area contributed by atoms with Gasteiger partial charge in [-0.25, -0.2) is 9.97 Å². The fourth-order valence-corrected chi connectivity index (χ4v) is 5.97. The number of nitrogens with zero attached hydrogens (tertiary/aromatic N) is 3. The van der Waals surface area contributed by atoms with Crippen molar-refractivity contribution in [2.45, 2.75) is 57.7 Å². The summed E-state index contributed by atoms with van der Waals surface area (Å²) in [5, 5.41) is 4.05. The Kier molecular flexibility index (Phi) is 8.26. The molecule has 1 amide bonds. The fourth-order valence-electron chi connectivity index (χ4n) is 5.97. The zero-order valence-corrected chi connectivity index (χ0v) is 23.6. The number of aryl methyl sites for hydroxylation is 1. The van der Waals surface area contributed by atoms with E-state index in [-0.39, 0.29) is 23.4 Å². The topological polar surface area (TPSA) is 103 Å². The van der Waals surface area contributed by atoms with E-state index in [4.69, 9.17) is 15.2 Å². The Bertz CT molecular complexity index is 1420. The zero-order chi connectivity index (χ0) is 29.3. The predicted octanol–water partition coefficient (Wildman–Crippen LogP) is 5.85. The Labute approximate surface area is 237 Å². The molecule has 1 aliphatic heterocycles. The third-order valence-corrected chi connectivity index (χ3v) is 8.16. The summed E-state index contributed by atoms with van der Waals surface area (Å²) in [6.45, 7) is 6.02. The van der Waals surface area contributed by atoms with Gasteiger partial charge in [-0.05, 0) is 80.8 Å². The molecule has 3 N–H and O–H groups in total. The van der Waals surface area contributed by atoms with Crippen LogP contribution < -0.4 is 15.8 Å². The molecule has 2 aliphatic rings. The maximum absolute atomic E-state index is 13.4. The quantitative estimate of drug-likeness (QED) is 0.358. The highest BCUT2D eigenvalue weighted by Crippen LogP contribution is 2.43. The number of nitrogens with two attached hydrogens (primary N) is 1. The molecule has 0 unspecified atom stereocenters. The number of morpholine rings is 1. The number of rotatable bonds is 6. The number of aromatic nitrogens is 2. The summed E-state index contributed by atoms with van der Waals surface area (Å²) in [6, 6.07) is 6.98. The van der Waals surface area contributed by atoms with E-state index in [1.165, 1.54) is 6.07 Å². The van der Waals surface area contributed by atoms with Crippen LogP contribution in [0.1, 0.15) is 67.1 Å². The first-order valence-electron chi connectivity index (χ1n) is 14.0. The van der Waals surface area contributed by atoms with Gasteiger partial charge in [-0.1, -0.05) is 0 Å². The molecule has 220 valence electrons. The van der Waals surface area contributed by atoms with E-state index < -0.39 is 17.8 Å². The second-order valence-electron chi connectivity index (χ2n) is 11.0. The Morgan fingerprint density at radius 3 is 2.46 bits per heavy atom. The number of alkyl halides is 3. The van der Waals surface area contributed by atoms with Crippen LogP contribution in [0.5, 0.6) is 5.75 Å². The first-order chi connectivity index (χ1) is 19.5. The van der Waals surface area contributed by atoms with E-state index in [2.05, 4.69) is 15.3 Å². The number of nitrogen functional groups attached to an aromatic ring is 1. The maximum atomic E-state index is 13.4. The average molecular weight is 572 g/mol. The molecule has 41 heavy (non-hydrogen) atoms. The number of ether oxygens (including phenoxy) is 2. The van der Waals surface area contributed by atoms with Crippen molar-refractivity contribution in [3.05, 3.63) is 52.8 Å². The van der Waals surface area contributed by atoms with Gasteiger partial charge >= 0.3 is 6.18 Å². The molecule has 1 aromatic heterocycles. The van der Waals surface area contributed by atoms with Crippen LogP contribution in [0.15, 0.2) is 30.3 Å². The van der Waals surface area contributed by atoms with E-state index >= 15 is 0 Å². The average Bonchev–Trinajstić information content (AvgIpc) is 2.95. The summed E-state index contributed by atoms with van der Waals surface area (Å²) in [6.07, 6.45) is -1.22. The molecule has 1 atom stereocenters. The van der Waals surface area contributed by atoms with Crippen LogP contribution in [0.4, 0.5) is 24.7 Å². The second kappa shape index (κ2) is 11.7. The third kappa shape index (κ3) is 6.34. The van der Waals surface area contributed by atoms with Gasteiger partial charge in [-0.2, -0.15) is 13.2 Å². The number of nitrogens with one attached hydrogen (secondary N) is 1. The summed E-state index contributed by atoms with van der Waals surface area (Å²) in [5.74, 6) is 2.20. The van der Waals surface area contributed by atoms with Crippen molar-refractivity contribution >= 4 is 28.3 Å². The number of benzene rings is 2. The van der Waals surface area contributed by atoms with Crippen LogP contribution >= 0.6 is 0 Å². The molecule has 3 aromatic rings. The third-order valence-electron chi connectivity index (χ3n) is 8.16. The van der Waals surface area contributed by atoms with Gasteiger partial charge in [0.25, 0.3) is 0 Å². The number of fused-ring (bicyclic) bond motifs is 1. The van der Waals surface area contributed by atoms with E-state index in [1.54, 1.807) is 21.0 Å². The van der Waals surface area contributed by atoms with Gasteiger partial charge in [0.05, 0.1) is 37.4 Å². The van der Waals surface area contributed by atoms with Gasteiger partial charge in [0, 0.05) is 36.1 Å². The number of hydrogen-bond acceptors (Lipinski definition) is 7. The van der Waals surface area contributed by atoms with E-state index in [9.17, 15) is 18.0 Å². The molecule has 0 bridgehead atoms. The summed E-state index contributed by atoms with van der Waals surface area (Å²) >= 11 is 0. The van der Waals surface area contributed by atoms with Gasteiger partial charge in [0.1, 0.15) is 17.4 Å². The minimum atomic E-state index is -4.50. The Balaban J connectivity index is 1.41. The molecule has 1 aliphatic carbocycles. The SMILES string of the molecule is COc1cc2nc(C)nc(N[C@H](C)c3cc(N)cc(C(F)(F)F)c3)c2cc1C1CCC(C(=O)N2CCOCC2)CC1. The van der Waals surface area contributed by atoms with Gasteiger partial charge in [0.15, 0.2) is 0 Å². The van der Waals surface area contributed by atoms with Crippen molar-refractivity contribution in [1.29, 1.82) is 0 Å². The van der Waals surface area contributed by atoms with Crippen LogP contribution in [0.25, 0.3) is 10.9 Å². The maximum Gasteiger partial charge on any atom is 0.416 e. The Hall–Kier alpha value is -3.60. The van der Waals surface area contributed by atoms with Crippen LogP contribution in [0.3, 0.4) is 0 Å². The molecule has 2 fully saturated rings. The highest BCUT2D eigenvalue weighted by Gasteiger charge is 2.33. The summed E-state index contributed by atoms with van der Waals surface area (Å²) in [7, 11) is 1.63. The largest absolute Gasteiger partial charge is 0.496 e. The monoisotopic (exact) mass is 571 g/mol. The molecule has 0 spiro atoms. The van der Waals surface area contributed by atoms with Crippen molar-refractivity contribution in [3.63, 3.8) is 0 Å². The number of halogens is 3. The molecule has 1 saturated heterocycles. The summed E-state index contributed by atoms with van der Waals surface area (Å²) in [4.78, 5) is 24.2. The molecular weight excluding hydrogens is 535 g/mol. The van der Waals surface area contributed by atoms with Crippen LogP contribution in [0, 0.1) is 12.8 Å². The molecule has 0 radical (unpaired) electrons. The van der Waals surface area contributed by atoms with Crippen molar-refractivity contribution in [2.24, 2.45) is 5.92 Å². The lowest BCUT2D eigenvalue weighted by atomic mass is 9.77. The van der Waals surface area contributed by atoms with Crippen molar-refractivity contribution in [2.75, 3.05) is 44.5 Å². The van der Waals surface area contributed by atoms with Crippen molar-refractivity contribution in [3.8, 4) is 5.75 Å². The first-order valence-corrected chi connectivity index (χ1v) is 14.0. The zero-order valence-electron chi connectivity index (χ0n) is 23.6. The summed E-state index contributed by atoms with van der Waals surface area (Å²) < 4.78 is 51.4. The van der Waals surface area contributed by atoms with E-state index in [0.717, 1.165) is 54.5 Å². The second-order valence-corrected chi connectivity index (χ2v) is 11.0. The molecule has 2 aromatic carbocycles. The lowest BCUT2D eigenvalue weighted by Crippen LogP contribution is -2.44. The van der Waals surface area contributed by atoms with Crippen LogP contribution in [0.2, 0.25) is 0 Å².